The zero-order chi connectivity index (χ0) is 34.8. The molecule has 1 aliphatic rings. The Balaban J connectivity index is 1.17. The molecular weight excluding hydrogens is 663 g/mol. The lowest BCUT2D eigenvalue weighted by Gasteiger charge is -2.12. The van der Waals surface area contributed by atoms with Crippen molar-refractivity contribution in [2.24, 2.45) is 0 Å². The summed E-state index contributed by atoms with van der Waals surface area (Å²) in [6, 6.07) is 52.9. The summed E-state index contributed by atoms with van der Waals surface area (Å²) in [5.41, 5.74) is 9.08. The number of nitrogens with zero attached hydrogens (tertiary/aromatic N) is 3. The van der Waals surface area contributed by atoms with Gasteiger partial charge in [-0.25, -0.2) is 23.4 Å². The molecule has 7 heteroatoms. The Kier molecular flexibility index (Phi) is 6.78. The number of fused-ring (bicyclic) bond motifs is 6. The minimum atomic E-state index is -3.81. The van der Waals surface area contributed by atoms with E-state index in [1.165, 1.54) is 0 Å². The van der Waals surface area contributed by atoms with Crippen LogP contribution in [-0.4, -0.2) is 23.4 Å². The maximum atomic E-state index is 14.1. The third kappa shape index (κ3) is 4.78. The van der Waals surface area contributed by atoms with Gasteiger partial charge in [-0.15, -0.1) is 0 Å². The minimum absolute atomic E-state index is 0.236. The van der Waals surface area contributed by atoms with Crippen molar-refractivity contribution >= 4 is 31.8 Å². The van der Waals surface area contributed by atoms with Crippen molar-refractivity contribution in [3.63, 3.8) is 0 Å². The van der Waals surface area contributed by atoms with E-state index in [2.05, 4.69) is 30.3 Å². The van der Waals surface area contributed by atoms with E-state index < -0.39 is 9.84 Å². The van der Waals surface area contributed by atoms with E-state index in [9.17, 15) is 8.42 Å². The van der Waals surface area contributed by atoms with Crippen LogP contribution in [0.1, 0.15) is 0 Å². The number of benzene rings is 7. The number of sulfone groups is 1. The van der Waals surface area contributed by atoms with Gasteiger partial charge in [0.2, 0.25) is 9.84 Å². The molecule has 0 amide bonds. The zero-order valence-electron chi connectivity index (χ0n) is 27.6. The van der Waals surface area contributed by atoms with E-state index in [0.29, 0.717) is 34.2 Å². The fraction of sp³-hybridized carbons (Fsp3) is 0. The molecule has 9 aromatic rings. The lowest BCUT2D eigenvalue weighted by Crippen LogP contribution is -2.01. The van der Waals surface area contributed by atoms with Crippen LogP contribution in [-0.2, 0) is 9.84 Å². The quantitative estimate of drug-likeness (QED) is 0.179. The zero-order valence-corrected chi connectivity index (χ0v) is 28.4. The normalized spacial score (nSPS) is 12.9. The van der Waals surface area contributed by atoms with E-state index >= 15 is 0 Å². The molecule has 1 aliphatic heterocycles. The van der Waals surface area contributed by atoms with Crippen LogP contribution in [0.2, 0.25) is 0 Å². The van der Waals surface area contributed by atoms with Gasteiger partial charge in [0.25, 0.3) is 0 Å². The molecule has 2 aromatic heterocycles. The summed E-state index contributed by atoms with van der Waals surface area (Å²) in [6.07, 6.45) is 0. The van der Waals surface area contributed by atoms with Crippen molar-refractivity contribution in [1.29, 1.82) is 0 Å². The molecule has 0 spiro atoms. The monoisotopic (exact) mass is 689 g/mol. The average Bonchev–Trinajstić information content (AvgIpc) is 3.70. The molecule has 0 radical (unpaired) electrons. The van der Waals surface area contributed by atoms with E-state index in [4.69, 9.17) is 19.4 Å². The van der Waals surface area contributed by atoms with Gasteiger partial charge in [0.1, 0.15) is 11.2 Å². The molecule has 0 aliphatic carbocycles. The topological polar surface area (TPSA) is 86.0 Å². The Bertz CT molecular complexity index is 2960. The number of para-hydroxylation sites is 1. The van der Waals surface area contributed by atoms with Crippen LogP contribution in [0.4, 0.5) is 0 Å². The summed E-state index contributed by atoms with van der Waals surface area (Å²) in [4.78, 5) is 15.4. The standard InChI is InChI=1S/C45H27N3O3S/c49-52(50)39-26-25-32(33-16-9-19-38-41(33)34-15-7-8-18-37(34)51-38)27-36(39)42-35(17-10-20-40(42)52)45-47-43(30-13-5-2-6-14-30)46-44(48-45)31-23-21-29(22-24-31)28-11-3-1-4-12-28/h1-27H. The highest BCUT2D eigenvalue weighted by molar-refractivity contribution is 7.92. The van der Waals surface area contributed by atoms with Crippen LogP contribution in [0.5, 0.6) is 0 Å². The first-order chi connectivity index (χ1) is 25.5. The Morgan fingerprint density at radius 3 is 1.73 bits per heavy atom. The number of aromatic nitrogens is 3. The first-order valence-electron chi connectivity index (χ1n) is 16.9. The second-order valence-corrected chi connectivity index (χ2v) is 14.7. The maximum absolute atomic E-state index is 14.1. The van der Waals surface area contributed by atoms with E-state index in [0.717, 1.165) is 55.3 Å². The fourth-order valence-corrected chi connectivity index (χ4v) is 8.95. The minimum Gasteiger partial charge on any atom is -0.456 e. The van der Waals surface area contributed by atoms with Crippen LogP contribution >= 0.6 is 0 Å². The van der Waals surface area contributed by atoms with Gasteiger partial charge in [-0.05, 0) is 52.6 Å². The van der Waals surface area contributed by atoms with Crippen LogP contribution in [0.15, 0.2) is 178 Å². The molecule has 10 rings (SSSR count). The third-order valence-corrected chi connectivity index (χ3v) is 11.6. The summed E-state index contributed by atoms with van der Waals surface area (Å²) in [5, 5.41) is 1.99. The molecule has 0 N–H and O–H groups in total. The number of hydrogen-bond donors (Lipinski definition) is 0. The van der Waals surface area contributed by atoms with Crippen LogP contribution in [0, 0.1) is 0 Å². The van der Waals surface area contributed by atoms with Crippen molar-refractivity contribution in [3.05, 3.63) is 164 Å². The molecule has 6 nitrogen and oxygen atoms in total. The summed E-state index contributed by atoms with van der Waals surface area (Å²) in [7, 11) is -3.81. The predicted molar refractivity (Wildman–Crippen MR) is 205 cm³/mol. The summed E-state index contributed by atoms with van der Waals surface area (Å²) in [6.45, 7) is 0. The lowest BCUT2D eigenvalue weighted by atomic mass is 9.94. The molecule has 246 valence electrons. The van der Waals surface area contributed by atoms with Gasteiger partial charge in [-0.3, -0.25) is 0 Å². The average molecular weight is 690 g/mol. The predicted octanol–water partition coefficient (Wildman–Crippen LogP) is 10.9. The van der Waals surface area contributed by atoms with Gasteiger partial charge in [0.15, 0.2) is 17.5 Å². The second-order valence-electron chi connectivity index (χ2n) is 12.8. The van der Waals surface area contributed by atoms with Gasteiger partial charge in [-0.1, -0.05) is 133 Å². The maximum Gasteiger partial charge on any atom is 0.207 e. The van der Waals surface area contributed by atoms with Crippen molar-refractivity contribution in [2.45, 2.75) is 9.79 Å². The van der Waals surface area contributed by atoms with Crippen molar-refractivity contribution in [1.82, 2.24) is 15.0 Å². The Morgan fingerprint density at radius 2 is 0.962 bits per heavy atom. The van der Waals surface area contributed by atoms with Gasteiger partial charge < -0.3 is 4.42 Å². The van der Waals surface area contributed by atoms with Gasteiger partial charge in [-0.2, -0.15) is 0 Å². The molecule has 3 heterocycles. The van der Waals surface area contributed by atoms with Gasteiger partial charge in [0.05, 0.1) is 9.79 Å². The first-order valence-corrected chi connectivity index (χ1v) is 18.4. The Morgan fingerprint density at radius 1 is 0.404 bits per heavy atom. The van der Waals surface area contributed by atoms with E-state index in [-0.39, 0.29) is 9.79 Å². The Labute approximate surface area is 299 Å². The van der Waals surface area contributed by atoms with E-state index in [1.54, 1.807) is 18.2 Å². The van der Waals surface area contributed by atoms with Crippen molar-refractivity contribution in [2.75, 3.05) is 0 Å². The third-order valence-electron chi connectivity index (χ3n) is 9.73. The number of furan rings is 1. The largest absolute Gasteiger partial charge is 0.456 e. The van der Waals surface area contributed by atoms with Crippen molar-refractivity contribution < 1.29 is 12.8 Å². The number of rotatable bonds is 5. The van der Waals surface area contributed by atoms with Crippen LogP contribution in [0.25, 0.3) is 89.5 Å². The summed E-state index contributed by atoms with van der Waals surface area (Å²) in [5.74, 6) is 1.39. The highest BCUT2D eigenvalue weighted by Crippen LogP contribution is 2.49. The molecule has 0 fully saturated rings. The molecule has 52 heavy (non-hydrogen) atoms. The Hall–Kier alpha value is -6.70. The van der Waals surface area contributed by atoms with E-state index in [1.807, 2.05) is 115 Å². The van der Waals surface area contributed by atoms with Crippen LogP contribution < -0.4 is 0 Å². The molecule has 7 aromatic carbocycles. The summed E-state index contributed by atoms with van der Waals surface area (Å²) < 4.78 is 34.4. The molecule has 0 atom stereocenters. The molecule has 0 saturated heterocycles. The second kappa shape index (κ2) is 11.7. The molecule has 0 bridgehead atoms. The summed E-state index contributed by atoms with van der Waals surface area (Å²) >= 11 is 0. The highest BCUT2D eigenvalue weighted by Gasteiger charge is 2.36. The van der Waals surface area contributed by atoms with Gasteiger partial charge in [0, 0.05) is 38.6 Å². The molecular formula is C45H27N3O3S. The lowest BCUT2D eigenvalue weighted by molar-refractivity contribution is 0.598. The SMILES string of the molecule is O=S1(=O)c2ccc(-c3cccc4oc5ccccc5c34)cc2-c2c(-c3nc(-c4ccccc4)nc(-c4ccc(-c5ccccc5)cc4)n3)cccc21. The number of hydrogen-bond acceptors (Lipinski definition) is 6. The molecule has 0 saturated carbocycles. The van der Waals surface area contributed by atoms with Crippen molar-refractivity contribution in [3.8, 4) is 67.5 Å². The smallest absolute Gasteiger partial charge is 0.207 e. The first kappa shape index (κ1) is 30.2. The molecule has 0 unspecified atom stereocenters. The fourth-order valence-electron chi connectivity index (χ4n) is 7.26. The van der Waals surface area contributed by atoms with Crippen LogP contribution in [0.3, 0.4) is 0 Å². The highest BCUT2D eigenvalue weighted by atomic mass is 32.2. The van der Waals surface area contributed by atoms with Gasteiger partial charge >= 0.3 is 0 Å².